The summed E-state index contributed by atoms with van der Waals surface area (Å²) in [5.74, 6) is 4.58. The average molecular weight is 643 g/mol. The van der Waals surface area contributed by atoms with Gasteiger partial charge >= 0.3 is 0 Å². The Morgan fingerprint density at radius 1 is 0.809 bits per heavy atom. The number of allylic oxidation sites excluding steroid dienone is 2. The van der Waals surface area contributed by atoms with Crippen molar-refractivity contribution in [2.45, 2.75) is 116 Å². The molecule has 47 heavy (non-hydrogen) atoms. The van der Waals surface area contributed by atoms with Crippen molar-refractivity contribution in [1.82, 2.24) is 9.80 Å². The third kappa shape index (κ3) is 13.4. The number of ether oxygens (including phenoxy) is 1. The van der Waals surface area contributed by atoms with E-state index in [1.165, 1.54) is 152 Å². The number of fused-ring (bicyclic) bond motifs is 3. The first-order valence-electron chi connectivity index (χ1n) is 19.7. The van der Waals surface area contributed by atoms with Gasteiger partial charge in [0.25, 0.3) is 0 Å². The van der Waals surface area contributed by atoms with Crippen LogP contribution < -0.4 is 4.74 Å². The first-order chi connectivity index (χ1) is 22.9. The molecule has 0 N–H and O–H groups in total. The van der Waals surface area contributed by atoms with Gasteiger partial charge in [-0.05, 0) is 117 Å². The average Bonchev–Trinajstić information content (AvgIpc) is 3.07. The lowest BCUT2D eigenvalue weighted by Crippen LogP contribution is -2.43. The summed E-state index contributed by atoms with van der Waals surface area (Å²) < 4.78 is 5.38. The van der Waals surface area contributed by atoms with Crippen molar-refractivity contribution in [2.75, 3.05) is 47.4 Å². The number of hydrogen-bond donors (Lipinski definition) is 0. The summed E-state index contributed by atoms with van der Waals surface area (Å²) in [5.41, 5.74) is 1.28. The molecule has 2 aliphatic rings. The fourth-order valence-electron chi connectivity index (χ4n) is 8.77. The van der Waals surface area contributed by atoms with E-state index in [1.54, 1.807) is 7.11 Å². The summed E-state index contributed by atoms with van der Waals surface area (Å²) in [6.45, 7) is 11.9. The third-order valence-corrected chi connectivity index (χ3v) is 11.5. The number of unbranched alkanes of at least 4 members (excludes halogenated alkanes) is 4. The highest BCUT2D eigenvalue weighted by Crippen LogP contribution is 2.37. The second-order valence-electron chi connectivity index (χ2n) is 15.7. The zero-order valence-electron chi connectivity index (χ0n) is 30.9. The van der Waals surface area contributed by atoms with Gasteiger partial charge in [0.15, 0.2) is 0 Å². The van der Waals surface area contributed by atoms with Crippen LogP contribution in [0.4, 0.5) is 0 Å². The molecule has 2 saturated heterocycles. The van der Waals surface area contributed by atoms with Gasteiger partial charge in [-0.1, -0.05) is 120 Å². The Kier molecular flexibility index (Phi) is 16.9. The second-order valence-corrected chi connectivity index (χ2v) is 15.7. The molecule has 2 fully saturated rings. The van der Waals surface area contributed by atoms with Crippen molar-refractivity contribution in [3.63, 3.8) is 0 Å². The van der Waals surface area contributed by atoms with Crippen LogP contribution in [0.15, 0.2) is 55.1 Å². The van der Waals surface area contributed by atoms with Crippen LogP contribution in [-0.4, -0.2) is 57.2 Å². The van der Waals surface area contributed by atoms with Crippen LogP contribution in [0, 0.1) is 29.6 Å². The molecule has 0 radical (unpaired) electrons. The zero-order chi connectivity index (χ0) is 33.3. The van der Waals surface area contributed by atoms with E-state index in [0.29, 0.717) is 11.8 Å². The van der Waals surface area contributed by atoms with Crippen LogP contribution in [0.3, 0.4) is 0 Å². The van der Waals surface area contributed by atoms with Gasteiger partial charge in [0, 0.05) is 19.6 Å². The lowest BCUT2D eigenvalue weighted by Gasteiger charge is -2.42. The maximum atomic E-state index is 5.38. The Morgan fingerprint density at radius 3 is 2.30 bits per heavy atom. The van der Waals surface area contributed by atoms with Gasteiger partial charge in [0.1, 0.15) is 5.75 Å². The van der Waals surface area contributed by atoms with Gasteiger partial charge < -0.3 is 14.5 Å². The van der Waals surface area contributed by atoms with Crippen LogP contribution in [-0.2, 0) is 0 Å². The minimum Gasteiger partial charge on any atom is -0.497 e. The van der Waals surface area contributed by atoms with Crippen LogP contribution >= 0.6 is 0 Å². The monoisotopic (exact) mass is 643 g/mol. The van der Waals surface area contributed by atoms with E-state index in [1.807, 2.05) is 6.07 Å². The molecule has 262 valence electrons. The first kappa shape index (κ1) is 37.7. The predicted molar refractivity (Wildman–Crippen MR) is 206 cm³/mol. The summed E-state index contributed by atoms with van der Waals surface area (Å²) in [6.07, 6.45) is 30.8. The Bertz CT molecular complexity index is 1190. The first-order valence-corrected chi connectivity index (χ1v) is 19.7. The highest BCUT2D eigenvalue weighted by molar-refractivity contribution is 5.86. The van der Waals surface area contributed by atoms with E-state index in [-0.39, 0.29) is 0 Å². The molecule has 0 unspecified atom stereocenters. The molecule has 2 aromatic rings. The van der Waals surface area contributed by atoms with E-state index >= 15 is 0 Å². The van der Waals surface area contributed by atoms with Crippen molar-refractivity contribution >= 4 is 16.8 Å². The zero-order valence-corrected chi connectivity index (χ0v) is 30.9. The van der Waals surface area contributed by atoms with Gasteiger partial charge in [0.05, 0.1) is 7.11 Å². The van der Waals surface area contributed by atoms with E-state index in [9.17, 15) is 0 Å². The van der Waals surface area contributed by atoms with Crippen LogP contribution in [0.5, 0.6) is 5.75 Å². The minimum atomic E-state index is 0.616. The SMILES string of the molecule is C=C[C@H]1[C@H](CCCCCCC[C@H](C)/C=C/c2ccc3cc(OC)ccc3c2)CN(C)CCCCCCCCCC[C@H]2C[C@@H]1CN(C)C2. The van der Waals surface area contributed by atoms with E-state index < -0.39 is 0 Å². The van der Waals surface area contributed by atoms with Crippen LogP contribution in [0.1, 0.15) is 122 Å². The normalized spacial score (nSPS) is 25.4. The third-order valence-electron chi connectivity index (χ3n) is 11.5. The minimum absolute atomic E-state index is 0.616. The fraction of sp³-hybridized carbons (Fsp3) is 0.682. The van der Waals surface area contributed by atoms with Crippen molar-refractivity contribution in [2.24, 2.45) is 29.6 Å². The maximum absolute atomic E-state index is 5.38. The molecule has 2 heterocycles. The van der Waals surface area contributed by atoms with Crippen molar-refractivity contribution in [3.05, 3.63) is 60.7 Å². The van der Waals surface area contributed by atoms with Gasteiger partial charge in [0.2, 0.25) is 0 Å². The Labute approximate surface area is 290 Å². The van der Waals surface area contributed by atoms with E-state index in [2.05, 4.69) is 86.0 Å². The summed E-state index contributed by atoms with van der Waals surface area (Å²) >= 11 is 0. The molecule has 5 atom stereocenters. The molecule has 2 aromatic carbocycles. The van der Waals surface area contributed by atoms with Gasteiger partial charge in [-0.2, -0.15) is 0 Å². The number of piperidine rings is 1. The molecule has 0 saturated carbocycles. The Balaban J connectivity index is 1.22. The standard InChI is InChI=1S/C44H70N2O/c1-6-44-41(34-45(3)29-19-15-10-8-7-9-13-17-21-38-31-42(44)35-46(4)33-38)22-18-14-11-12-16-20-36(2)23-24-37-25-26-40-32-43(47-5)28-27-39(40)30-37/h6,23-28,30,32,36,38,41-42,44H,1,7-22,29,31,33-35H2,2-5H3/b24-23+/t36-,38-,41+,42+,44-/m0/s1. The maximum Gasteiger partial charge on any atom is 0.119 e. The number of benzene rings is 2. The Morgan fingerprint density at radius 2 is 1.51 bits per heavy atom. The molecule has 0 spiro atoms. The lowest BCUT2D eigenvalue weighted by molar-refractivity contribution is 0.0863. The molecule has 0 amide bonds. The summed E-state index contributed by atoms with van der Waals surface area (Å²) in [7, 11) is 6.50. The summed E-state index contributed by atoms with van der Waals surface area (Å²) in [6, 6.07) is 13.0. The number of rotatable bonds is 12. The van der Waals surface area contributed by atoms with Crippen LogP contribution in [0.2, 0.25) is 0 Å². The quantitative estimate of drug-likeness (QED) is 0.169. The molecule has 2 aliphatic heterocycles. The molecule has 0 aliphatic carbocycles. The summed E-state index contributed by atoms with van der Waals surface area (Å²) in [5, 5.41) is 2.50. The molecule has 4 rings (SSSR count). The largest absolute Gasteiger partial charge is 0.497 e. The van der Waals surface area contributed by atoms with Gasteiger partial charge in [-0.25, -0.2) is 0 Å². The molecular formula is C44H70N2O. The second kappa shape index (κ2) is 21.1. The van der Waals surface area contributed by atoms with Crippen molar-refractivity contribution in [3.8, 4) is 5.75 Å². The fourth-order valence-corrected chi connectivity index (χ4v) is 8.77. The van der Waals surface area contributed by atoms with E-state index in [0.717, 1.165) is 23.5 Å². The van der Waals surface area contributed by atoms with Gasteiger partial charge in [-0.3, -0.25) is 0 Å². The Hall–Kier alpha value is -2.10. The molecule has 0 aromatic heterocycles. The highest BCUT2D eigenvalue weighted by Gasteiger charge is 2.33. The smallest absolute Gasteiger partial charge is 0.119 e. The predicted octanol–water partition coefficient (Wildman–Crippen LogP) is 11.7. The molecular weight excluding hydrogens is 572 g/mol. The highest BCUT2D eigenvalue weighted by atomic mass is 16.5. The number of likely N-dealkylation sites (tertiary alicyclic amines) is 1. The lowest BCUT2D eigenvalue weighted by atomic mass is 9.72. The number of methoxy groups -OCH3 is 1. The molecule has 3 nitrogen and oxygen atoms in total. The van der Waals surface area contributed by atoms with E-state index in [4.69, 9.17) is 4.74 Å². The van der Waals surface area contributed by atoms with Crippen molar-refractivity contribution in [1.29, 1.82) is 0 Å². The van der Waals surface area contributed by atoms with Crippen LogP contribution in [0.25, 0.3) is 16.8 Å². The molecule has 2 bridgehead atoms. The van der Waals surface area contributed by atoms with Crippen molar-refractivity contribution < 1.29 is 4.74 Å². The summed E-state index contributed by atoms with van der Waals surface area (Å²) in [4.78, 5) is 5.33. The topological polar surface area (TPSA) is 15.7 Å². The van der Waals surface area contributed by atoms with Gasteiger partial charge in [-0.15, -0.1) is 6.58 Å². The molecule has 3 heteroatoms. The number of nitrogens with zero attached hydrogens (tertiary/aromatic N) is 2. The number of hydrogen-bond acceptors (Lipinski definition) is 3.